The fourth-order valence-electron chi connectivity index (χ4n) is 3.04. The summed E-state index contributed by atoms with van der Waals surface area (Å²) in [6.07, 6.45) is 0. The van der Waals surface area contributed by atoms with Gasteiger partial charge in [0, 0.05) is 25.0 Å². The van der Waals surface area contributed by atoms with Crippen LogP contribution in [0.1, 0.15) is 12.5 Å². The highest BCUT2D eigenvalue weighted by atomic mass is 32.2. The number of rotatable bonds is 8. The van der Waals surface area contributed by atoms with E-state index in [0.717, 1.165) is 17.7 Å². The molecule has 0 unspecified atom stereocenters. The highest BCUT2D eigenvalue weighted by Gasteiger charge is 2.18. The molecule has 31 heavy (non-hydrogen) atoms. The van der Waals surface area contributed by atoms with E-state index in [1.54, 1.807) is 43.1 Å². The molecule has 0 bridgehead atoms. The lowest BCUT2D eigenvalue weighted by Gasteiger charge is -2.23. The first-order chi connectivity index (χ1) is 14.7. The van der Waals surface area contributed by atoms with E-state index in [4.69, 9.17) is 0 Å². The molecule has 6 nitrogen and oxygen atoms in total. The van der Waals surface area contributed by atoms with Crippen molar-refractivity contribution in [3.8, 4) is 0 Å². The van der Waals surface area contributed by atoms with Gasteiger partial charge in [0.15, 0.2) is 0 Å². The number of anilines is 2. The summed E-state index contributed by atoms with van der Waals surface area (Å²) in [4.78, 5) is 14.3. The highest BCUT2D eigenvalue weighted by molar-refractivity contribution is 7.92. The third kappa shape index (κ3) is 6.05. The molecule has 3 rings (SSSR count). The Morgan fingerprint density at radius 2 is 1.52 bits per heavy atom. The van der Waals surface area contributed by atoms with E-state index >= 15 is 0 Å². The summed E-state index contributed by atoms with van der Waals surface area (Å²) in [5.41, 5.74) is 2.08. The number of sulfonamides is 1. The van der Waals surface area contributed by atoms with Crippen molar-refractivity contribution < 1.29 is 17.6 Å². The van der Waals surface area contributed by atoms with Crippen molar-refractivity contribution in [2.75, 3.05) is 17.1 Å². The van der Waals surface area contributed by atoms with Crippen molar-refractivity contribution in [1.29, 1.82) is 0 Å². The minimum Gasteiger partial charge on any atom is -0.374 e. The zero-order chi connectivity index (χ0) is 22.4. The lowest BCUT2D eigenvalue weighted by Crippen LogP contribution is -2.38. The van der Waals surface area contributed by atoms with Crippen LogP contribution in [0.3, 0.4) is 0 Å². The van der Waals surface area contributed by atoms with Gasteiger partial charge in [-0.25, -0.2) is 12.8 Å². The van der Waals surface area contributed by atoms with Crippen LogP contribution in [-0.2, 0) is 21.4 Å². The first-order valence-corrected chi connectivity index (χ1v) is 11.2. The number of carbonyl (C=O) groups excluding carboxylic acids is 1. The van der Waals surface area contributed by atoms with Crippen molar-refractivity contribution >= 4 is 27.3 Å². The number of amides is 1. The van der Waals surface area contributed by atoms with E-state index in [-0.39, 0.29) is 10.8 Å². The molecule has 0 fully saturated rings. The normalized spacial score (nSPS) is 12.1. The van der Waals surface area contributed by atoms with E-state index in [0.29, 0.717) is 17.9 Å². The minimum atomic E-state index is -3.82. The molecule has 1 atom stereocenters. The summed E-state index contributed by atoms with van der Waals surface area (Å²) in [5.74, 6) is -0.572. The third-order valence-corrected chi connectivity index (χ3v) is 6.05. The predicted octanol–water partition coefficient (Wildman–Crippen LogP) is 4.09. The van der Waals surface area contributed by atoms with Crippen LogP contribution in [0, 0.1) is 5.82 Å². The van der Waals surface area contributed by atoms with Crippen LogP contribution >= 0.6 is 0 Å². The van der Waals surface area contributed by atoms with Crippen LogP contribution in [0.5, 0.6) is 0 Å². The summed E-state index contributed by atoms with van der Waals surface area (Å²) in [6.45, 7) is 2.28. The number of benzene rings is 3. The van der Waals surface area contributed by atoms with Gasteiger partial charge in [0.05, 0.1) is 4.90 Å². The van der Waals surface area contributed by atoms with Crippen LogP contribution in [-0.4, -0.2) is 32.3 Å². The molecule has 0 aliphatic carbocycles. The lowest BCUT2D eigenvalue weighted by molar-refractivity contribution is -0.130. The second kappa shape index (κ2) is 9.61. The Labute approximate surface area is 181 Å². The van der Waals surface area contributed by atoms with E-state index in [9.17, 15) is 17.6 Å². The molecule has 1 amide bonds. The van der Waals surface area contributed by atoms with E-state index < -0.39 is 21.9 Å². The Bertz CT molecular complexity index is 1120. The first-order valence-electron chi connectivity index (χ1n) is 9.68. The van der Waals surface area contributed by atoms with Gasteiger partial charge in [-0.05, 0) is 61.0 Å². The van der Waals surface area contributed by atoms with Crippen molar-refractivity contribution in [2.45, 2.75) is 24.4 Å². The number of nitrogens with zero attached hydrogens (tertiary/aromatic N) is 1. The van der Waals surface area contributed by atoms with Gasteiger partial charge < -0.3 is 10.2 Å². The van der Waals surface area contributed by atoms with Gasteiger partial charge >= 0.3 is 0 Å². The Kier molecular flexibility index (Phi) is 6.91. The molecule has 0 heterocycles. The van der Waals surface area contributed by atoms with Crippen LogP contribution in [0.2, 0.25) is 0 Å². The number of hydrogen-bond donors (Lipinski definition) is 2. The largest absolute Gasteiger partial charge is 0.374 e. The second-order valence-corrected chi connectivity index (χ2v) is 8.87. The van der Waals surface area contributed by atoms with Gasteiger partial charge in [-0.3, -0.25) is 9.52 Å². The van der Waals surface area contributed by atoms with Crippen molar-refractivity contribution in [1.82, 2.24) is 4.90 Å². The molecular weight excluding hydrogens is 417 g/mol. The molecule has 0 saturated carbocycles. The molecule has 3 aromatic rings. The van der Waals surface area contributed by atoms with E-state index in [1.807, 2.05) is 30.3 Å². The summed E-state index contributed by atoms with van der Waals surface area (Å²) in [5, 5.41) is 3.13. The molecule has 0 aliphatic heterocycles. The monoisotopic (exact) mass is 441 g/mol. The molecule has 0 spiro atoms. The van der Waals surface area contributed by atoms with E-state index in [2.05, 4.69) is 10.0 Å². The summed E-state index contributed by atoms with van der Waals surface area (Å²) >= 11 is 0. The number of halogens is 1. The van der Waals surface area contributed by atoms with Gasteiger partial charge in [0.1, 0.15) is 11.9 Å². The maximum Gasteiger partial charge on any atom is 0.261 e. The Hall–Kier alpha value is -3.39. The standard InChI is InChI=1S/C23H24FN3O3S/c1-17(23(28)27(2)16-18-6-4-3-5-7-18)25-20-10-12-21(13-11-20)26-31(29,30)22-14-8-19(24)9-15-22/h3-15,17,25-26H,16H2,1-2H3/t17-/m0/s1. The third-order valence-electron chi connectivity index (χ3n) is 4.65. The minimum absolute atomic E-state index is 0.0308. The van der Waals surface area contributed by atoms with Gasteiger partial charge in [0.25, 0.3) is 10.0 Å². The molecule has 0 radical (unpaired) electrons. The van der Waals surface area contributed by atoms with Crippen molar-refractivity contribution in [2.24, 2.45) is 0 Å². The van der Waals surface area contributed by atoms with Gasteiger partial charge in [0.2, 0.25) is 5.91 Å². The maximum absolute atomic E-state index is 13.0. The average Bonchev–Trinajstić information content (AvgIpc) is 2.75. The van der Waals surface area contributed by atoms with Crippen molar-refractivity contribution in [3.63, 3.8) is 0 Å². The average molecular weight is 442 g/mol. The molecule has 3 aromatic carbocycles. The molecule has 162 valence electrons. The Morgan fingerprint density at radius 1 is 0.935 bits per heavy atom. The first kappa shape index (κ1) is 22.3. The van der Waals surface area contributed by atoms with Crippen LogP contribution in [0.25, 0.3) is 0 Å². The smallest absolute Gasteiger partial charge is 0.261 e. The quantitative estimate of drug-likeness (QED) is 0.552. The fourth-order valence-corrected chi connectivity index (χ4v) is 4.10. The summed E-state index contributed by atoms with van der Waals surface area (Å²) in [7, 11) is -2.07. The molecule has 2 N–H and O–H groups in total. The zero-order valence-electron chi connectivity index (χ0n) is 17.2. The van der Waals surface area contributed by atoms with Crippen LogP contribution in [0.15, 0.2) is 83.8 Å². The fraction of sp³-hybridized carbons (Fsp3) is 0.174. The molecule has 0 aromatic heterocycles. The van der Waals surface area contributed by atoms with Crippen molar-refractivity contribution in [3.05, 3.63) is 90.2 Å². The number of carbonyl (C=O) groups is 1. The van der Waals surface area contributed by atoms with Gasteiger partial charge in [-0.1, -0.05) is 30.3 Å². The molecule has 0 aliphatic rings. The SMILES string of the molecule is C[C@H](Nc1ccc(NS(=O)(=O)c2ccc(F)cc2)cc1)C(=O)N(C)Cc1ccccc1. The summed E-state index contributed by atoms with van der Waals surface area (Å²) < 4.78 is 40.2. The number of likely N-dealkylation sites (N-methyl/N-ethyl adjacent to an activating group) is 1. The maximum atomic E-state index is 13.0. The predicted molar refractivity (Wildman–Crippen MR) is 120 cm³/mol. The van der Waals surface area contributed by atoms with Gasteiger partial charge in [-0.2, -0.15) is 0 Å². The van der Waals surface area contributed by atoms with Gasteiger partial charge in [-0.15, -0.1) is 0 Å². The Balaban J connectivity index is 1.59. The topological polar surface area (TPSA) is 78.5 Å². The second-order valence-electron chi connectivity index (χ2n) is 7.18. The number of nitrogens with one attached hydrogen (secondary N) is 2. The molecular formula is C23H24FN3O3S. The van der Waals surface area contributed by atoms with E-state index in [1.165, 1.54) is 12.1 Å². The summed E-state index contributed by atoms with van der Waals surface area (Å²) in [6, 6.07) is 20.4. The molecule has 8 heteroatoms. The van der Waals surface area contributed by atoms with Crippen LogP contribution < -0.4 is 10.0 Å². The lowest BCUT2D eigenvalue weighted by atomic mass is 10.2. The van der Waals surface area contributed by atoms with Crippen LogP contribution in [0.4, 0.5) is 15.8 Å². The number of hydrogen-bond acceptors (Lipinski definition) is 4. The zero-order valence-corrected chi connectivity index (χ0v) is 18.1. The molecule has 0 saturated heterocycles. The highest BCUT2D eigenvalue weighted by Crippen LogP contribution is 2.19. The Morgan fingerprint density at radius 3 is 2.13 bits per heavy atom.